The van der Waals surface area contributed by atoms with E-state index in [1.165, 1.54) is 0 Å². The van der Waals surface area contributed by atoms with Crippen molar-refractivity contribution in [3.8, 4) is 11.4 Å². The number of anilines is 1. The Labute approximate surface area is 152 Å². The van der Waals surface area contributed by atoms with Crippen LogP contribution in [0.2, 0.25) is 0 Å². The number of amides is 2. The zero-order valence-corrected chi connectivity index (χ0v) is 15.0. The van der Waals surface area contributed by atoms with Crippen LogP contribution in [0.15, 0.2) is 36.5 Å². The maximum Gasteiger partial charge on any atom is 0.254 e. The molecule has 1 aromatic heterocycles. The topological polar surface area (TPSA) is 101 Å². The van der Waals surface area contributed by atoms with E-state index in [0.29, 0.717) is 30.2 Å². The molecule has 1 atom stereocenters. The molecule has 0 radical (unpaired) electrons. The molecule has 3 N–H and O–H groups in total. The highest BCUT2D eigenvalue weighted by atomic mass is 16.2. The van der Waals surface area contributed by atoms with Gasteiger partial charge in [-0.25, -0.2) is 9.97 Å². The first-order valence-electron chi connectivity index (χ1n) is 8.73. The Kier molecular flexibility index (Phi) is 5.16. The maximum absolute atomic E-state index is 12.9. The van der Waals surface area contributed by atoms with Gasteiger partial charge >= 0.3 is 0 Å². The molecule has 7 nitrogen and oxygen atoms in total. The molecule has 0 bridgehead atoms. The lowest BCUT2D eigenvalue weighted by atomic mass is 10.1. The summed E-state index contributed by atoms with van der Waals surface area (Å²) >= 11 is 0. The van der Waals surface area contributed by atoms with Crippen LogP contribution in [0.3, 0.4) is 0 Å². The van der Waals surface area contributed by atoms with Crippen molar-refractivity contribution in [1.29, 1.82) is 0 Å². The number of benzene rings is 1. The zero-order chi connectivity index (χ0) is 18.7. The summed E-state index contributed by atoms with van der Waals surface area (Å²) in [6.45, 7) is 4.47. The van der Waals surface area contributed by atoms with E-state index in [2.05, 4.69) is 15.3 Å². The Bertz CT molecular complexity index is 804. The second-order valence-corrected chi connectivity index (χ2v) is 6.74. The van der Waals surface area contributed by atoms with Crippen LogP contribution < -0.4 is 11.1 Å². The molecule has 7 heteroatoms. The lowest BCUT2D eigenvalue weighted by Crippen LogP contribution is -2.45. The van der Waals surface area contributed by atoms with Crippen molar-refractivity contribution in [2.24, 2.45) is 0 Å². The van der Waals surface area contributed by atoms with Gasteiger partial charge in [0, 0.05) is 42.4 Å². The smallest absolute Gasteiger partial charge is 0.254 e. The van der Waals surface area contributed by atoms with E-state index < -0.39 is 0 Å². The number of hydrogen-bond donors (Lipinski definition) is 2. The number of rotatable bonds is 5. The highest BCUT2D eigenvalue weighted by molar-refractivity contribution is 5.95. The molecule has 1 aliphatic rings. The predicted molar refractivity (Wildman–Crippen MR) is 99.2 cm³/mol. The summed E-state index contributed by atoms with van der Waals surface area (Å²) in [5.74, 6) is 0.928. The summed E-state index contributed by atoms with van der Waals surface area (Å²) in [6.07, 6.45) is 2.90. The summed E-state index contributed by atoms with van der Waals surface area (Å²) in [4.78, 5) is 34.5. The Balaban J connectivity index is 1.75. The fourth-order valence-electron chi connectivity index (χ4n) is 3.02. The summed E-state index contributed by atoms with van der Waals surface area (Å²) in [5.41, 5.74) is 7.09. The first-order chi connectivity index (χ1) is 12.4. The van der Waals surface area contributed by atoms with E-state index in [1.54, 1.807) is 29.3 Å². The zero-order valence-electron chi connectivity index (χ0n) is 15.0. The standard InChI is InChI=1S/C19H23N5O2/c1-12(2)24(11-15-7-8-17(25)22-15)19(26)14-5-3-13(4-6-14)18-21-10-9-16(20)23-18/h3-6,9-10,12,15H,7-8,11H2,1-2H3,(H,22,25)(H2,20,21,23)/t15-/m0/s1. The fraction of sp³-hybridized carbons (Fsp3) is 0.368. The third-order valence-corrected chi connectivity index (χ3v) is 4.45. The maximum atomic E-state index is 12.9. The molecule has 0 unspecified atom stereocenters. The van der Waals surface area contributed by atoms with E-state index in [1.807, 2.05) is 26.0 Å². The average molecular weight is 353 g/mol. The van der Waals surface area contributed by atoms with Gasteiger partial charge in [0.25, 0.3) is 5.91 Å². The Morgan fingerprint density at radius 3 is 2.62 bits per heavy atom. The summed E-state index contributed by atoms with van der Waals surface area (Å²) < 4.78 is 0. The SMILES string of the molecule is CC(C)N(C[C@@H]1CCC(=O)N1)C(=O)c1ccc(-c2nccc(N)n2)cc1. The lowest BCUT2D eigenvalue weighted by molar-refractivity contribution is -0.119. The molecule has 2 aromatic rings. The second-order valence-electron chi connectivity index (χ2n) is 6.74. The number of aromatic nitrogens is 2. The van der Waals surface area contributed by atoms with Crippen LogP contribution in [-0.4, -0.2) is 45.3 Å². The highest BCUT2D eigenvalue weighted by Crippen LogP contribution is 2.19. The molecule has 2 heterocycles. The van der Waals surface area contributed by atoms with Crippen LogP contribution in [-0.2, 0) is 4.79 Å². The fourth-order valence-corrected chi connectivity index (χ4v) is 3.02. The van der Waals surface area contributed by atoms with Gasteiger partial charge in [0.2, 0.25) is 5.91 Å². The quantitative estimate of drug-likeness (QED) is 0.854. The van der Waals surface area contributed by atoms with Crippen LogP contribution in [0, 0.1) is 0 Å². The van der Waals surface area contributed by atoms with Crippen molar-refractivity contribution in [3.63, 3.8) is 0 Å². The van der Waals surface area contributed by atoms with E-state index >= 15 is 0 Å². The highest BCUT2D eigenvalue weighted by Gasteiger charge is 2.27. The van der Waals surface area contributed by atoms with Gasteiger partial charge in [-0.2, -0.15) is 0 Å². The average Bonchev–Trinajstić information content (AvgIpc) is 3.04. The first-order valence-corrected chi connectivity index (χ1v) is 8.73. The summed E-state index contributed by atoms with van der Waals surface area (Å²) in [6, 6.07) is 8.87. The summed E-state index contributed by atoms with van der Waals surface area (Å²) in [7, 11) is 0. The number of hydrogen-bond acceptors (Lipinski definition) is 5. The number of carbonyl (C=O) groups excluding carboxylic acids is 2. The van der Waals surface area contributed by atoms with Crippen molar-refractivity contribution < 1.29 is 9.59 Å². The number of nitrogen functional groups attached to an aromatic ring is 1. The minimum absolute atomic E-state index is 0.0221. The Hall–Kier alpha value is -2.96. The molecule has 0 spiro atoms. The van der Waals surface area contributed by atoms with Crippen molar-refractivity contribution in [1.82, 2.24) is 20.2 Å². The van der Waals surface area contributed by atoms with E-state index in [-0.39, 0.29) is 23.9 Å². The van der Waals surface area contributed by atoms with E-state index in [0.717, 1.165) is 12.0 Å². The third-order valence-electron chi connectivity index (χ3n) is 4.45. The van der Waals surface area contributed by atoms with Gasteiger partial charge in [0.15, 0.2) is 5.82 Å². The molecule has 1 aromatic carbocycles. The lowest BCUT2D eigenvalue weighted by Gasteiger charge is -2.29. The van der Waals surface area contributed by atoms with Crippen LogP contribution in [0.1, 0.15) is 37.0 Å². The molecule has 0 saturated carbocycles. The Morgan fingerprint density at radius 2 is 2.04 bits per heavy atom. The molecular formula is C19H23N5O2. The van der Waals surface area contributed by atoms with Crippen molar-refractivity contribution in [2.45, 2.75) is 38.8 Å². The van der Waals surface area contributed by atoms with Crippen LogP contribution >= 0.6 is 0 Å². The number of nitrogens with zero attached hydrogens (tertiary/aromatic N) is 3. The van der Waals surface area contributed by atoms with Gasteiger partial charge in [0.1, 0.15) is 5.82 Å². The van der Waals surface area contributed by atoms with Gasteiger partial charge in [-0.1, -0.05) is 12.1 Å². The van der Waals surface area contributed by atoms with Crippen molar-refractivity contribution in [3.05, 3.63) is 42.1 Å². The van der Waals surface area contributed by atoms with Crippen molar-refractivity contribution >= 4 is 17.6 Å². The van der Waals surface area contributed by atoms with Crippen LogP contribution in [0.25, 0.3) is 11.4 Å². The normalized spacial score (nSPS) is 16.6. The molecule has 3 rings (SSSR count). The number of carbonyl (C=O) groups is 2. The minimum atomic E-state index is -0.0545. The molecule has 1 fully saturated rings. The molecule has 136 valence electrons. The molecule has 1 saturated heterocycles. The first kappa shape index (κ1) is 17.8. The molecule has 0 aliphatic carbocycles. The summed E-state index contributed by atoms with van der Waals surface area (Å²) in [5, 5.41) is 2.92. The van der Waals surface area contributed by atoms with Gasteiger partial charge in [-0.3, -0.25) is 9.59 Å². The predicted octanol–water partition coefficient (Wildman–Crippen LogP) is 1.85. The molecule has 26 heavy (non-hydrogen) atoms. The van der Waals surface area contributed by atoms with Gasteiger partial charge in [-0.05, 0) is 38.5 Å². The number of nitrogens with one attached hydrogen (secondary N) is 1. The molecule has 1 aliphatic heterocycles. The second kappa shape index (κ2) is 7.51. The van der Waals surface area contributed by atoms with Crippen LogP contribution in [0.4, 0.5) is 5.82 Å². The number of nitrogens with two attached hydrogens (primary N) is 1. The van der Waals surface area contributed by atoms with Crippen LogP contribution in [0.5, 0.6) is 0 Å². The van der Waals surface area contributed by atoms with E-state index in [4.69, 9.17) is 5.73 Å². The van der Waals surface area contributed by atoms with E-state index in [9.17, 15) is 9.59 Å². The minimum Gasteiger partial charge on any atom is -0.384 e. The Morgan fingerprint density at radius 1 is 1.31 bits per heavy atom. The third kappa shape index (κ3) is 3.99. The largest absolute Gasteiger partial charge is 0.384 e. The van der Waals surface area contributed by atoms with Crippen molar-refractivity contribution in [2.75, 3.05) is 12.3 Å². The monoisotopic (exact) mass is 353 g/mol. The molecular weight excluding hydrogens is 330 g/mol. The van der Waals surface area contributed by atoms with Gasteiger partial charge < -0.3 is 16.0 Å². The molecule has 2 amide bonds. The van der Waals surface area contributed by atoms with Gasteiger partial charge in [-0.15, -0.1) is 0 Å². The van der Waals surface area contributed by atoms with Gasteiger partial charge in [0.05, 0.1) is 0 Å².